The number of ether oxygens (including phenoxy) is 2. The van der Waals surface area contributed by atoms with E-state index in [2.05, 4.69) is 10.1 Å². The molecule has 3 rings (SSSR count). The van der Waals surface area contributed by atoms with Crippen LogP contribution in [0.1, 0.15) is 16.8 Å². The van der Waals surface area contributed by atoms with Crippen molar-refractivity contribution < 1.29 is 37.7 Å². The highest BCUT2D eigenvalue weighted by molar-refractivity contribution is 5.97. The molecular weight excluding hydrogens is 414 g/mol. The first-order valence-corrected chi connectivity index (χ1v) is 9.40. The number of carbonyl (C=O) groups is 3. The number of carbonyl (C=O) groups excluding carboxylic acids is 2. The van der Waals surface area contributed by atoms with Crippen molar-refractivity contribution in [2.45, 2.75) is 25.2 Å². The Labute approximate surface area is 176 Å². The number of hydrogen-bond donors (Lipinski definition) is 2. The maximum atomic E-state index is 12.4. The van der Waals surface area contributed by atoms with Gasteiger partial charge >= 0.3 is 12.6 Å². The molecule has 1 heterocycles. The van der Waals surface area contributed by atoms with Gasteiger partial charge in [0, 0.05) is 18.5 Å². The summed E-state index contributed by atoms with van der Waals surface area (Å²) >= 11 is 0. The number of halogens is 2. The van der Waals surface area contributed by atoms with Gasteiger partial charge in [0.1, 0.15) is 17.5 Å². The highest BCUT2D eigenvalue weighted by Gasteiger charge is 2.41. The lowest BCUT2D eigenvalue weighted by Gasteiger charge is -2.21. The zero-order chi connectivity index (χ0) is 22.4. The summed E-state index contributed by atoms with van der Waals surface area (Å²) in [5.41, 5.74) is 0.267. The normalized spacial score (nSPS) is 18.1. The summed E-state index contributed by atoms with van der Waals surface area (Å²) in [5.74, 6) is -1.42. The fourth-order valence-electron chi connectivity index (χ4n) is 3.21. The molecule has 2 N–H and O–H groups in total. The van der Waals surface area contributed by atoms with E-state index in [0.29, 0.717) is 11.5 Å². The van der Waals surface area contributed by atoms with E-state index in [1.54, 1.807) is 24.3 Å². The number of carboxylic acid groups (broad SMARTS) is 1. The summed E-state index contributed by atoms with van der Waals surface area (Å²) in [5, 5.41) is 11.6. The Morgan fingerprint density at radius 2 is 1.71 bits per heavy atom. The van der Waals surface area contributed by atoms with E-state index < -0.39 is 43.1 Å². The smallest absolute Gasteiger partial charge is 0.345 e. The molecule has 0 saturated carbocycles. The Balaban J connectivity index is 1.54. The number of hydrogen-bond acceptors (Lipinski definition) is 5. The Hall–Kier alpha value is -3.53. The predicted octanol–water partition coefficient (Wildman–Crippen LogP) is 2.50. The third-order valence-corrected chi connectivity index (χ3v) is 4.66. The van der Waals surface area contributed by atoms with Crippen LogP contribution in [-0.4, -0.2) is 59.6 Å². The Morgan fingerprint density at radius 3 is 2.32 bits per heavy atom. The van der Waals surface area contributed by atoms with Gasteiger partial charge in [-0.15, -0.1) is 0 Å². The minimum absolute atomic E-state index is 0.248. The number of nitrogens with zero attached hydrogens (tertiary/aromatic N) is 1. The number of benzene rings is 2. The van der Waals surface area contributed by atoms with Crippen LogP contribution in [0.25, 0.3) is 0 Å². The van der Waals surface area contributed by atoms with E-state index in [-0.39, 0.29) is 18.5 Å². The molecule has 2 atom stereocenters. The highest BCUT2D eigenvalue weighted by atomic mass is 19.3. The average Bonchev–Trinajstić information content (AvgIpc) is 3.16. The van der Waals surface area contributed by atoms with Crippen LogP contribution in [0.5, 0.6) is 11.5 Å². The van der Waals surface area contributed by atoms with Gasteiger partial charge in [0.05, 0.1) is 12.6 Å². The van der Waals surface area contributed by atoms with Crippen LogP contribution in [0.4, 0.5) is 8.78 Å². The van der Waals surface area contributed by atoms with Crippen LogP contribution < -0.4 is 10.1 Å². The molecule has 0 bridgehead atoms. The van der Waals surface area contributed by atoms with E-state index >= 15 is 0 Å². The topological polar surface area (TPSA) is 105 Å². The van der Waals surface area contributed by atoms with Gasteiger partial charge in [-0.25, -0.2) is 4.79 Å². The molecule has 164 valence electrons. The molecule has 1 aliphatic heterocycles. The fourth-order valence-corrected chi connectivity index (χ4v) is 3.21. The first kappa shape index (κ1) is 22.2. The summed E-state index contributed by atoms with van der Waals surface area (Å²) < 4.78 is 34.8. The molecule has 2 unspecified atom stereocenters. The van der Waals surface area contributed by atoms with Gasteiger partial charge in [-0.1, -0.05) is 18.2 Å². The molecule has 1 saturated heterocycles. The lowest BCUT2D eigenvalue weighted by Crippen LogP contribution is -2.45. The quantitative estimate of drug-likeness (QED) is 0.662. The number of rotatable bonds is 8. The number of carboxylic acids is 1. The number of para-hydroxylation sites is 1. The summed E-state index contributed by atoms with van der Waals surface area (Å²) in [7, 11) is 0. The Kier molecular flexibility index (Phi) is 7.14. The van der Waals surface area contributed by atoms with Crippen molar-refractivity contribution in [3.05, 3.63) is 60.2 Å². The van der Waals surface area contributed by atoms with Crippen molar-refractivity contribution in [2.75, 3.05) is 13.1 Å². The van der Waals surface area contributed by atoms with Gasteiger partial charge in [0.2, 0.25) is 5.91 Å². The van der Waals surface area contributed by atoms with Crippen LogP contribution in [0.2, 0.25) is 0 Å². The van der Waals surface area contributed by atoms with Crippen molar-refractivity contribution in [1.82, 2.24) is 10.2 Å². The predicted molar refractivity (Wildman–Crippen MR) is 104 cm³/mol. The van der Waals surface area contributed by atoms with Gasteiger partial charge in [-0.2, -0.15) is 8.78 Å². The minimum atomic E-state index is -3.07. The molecule has 10 heteroatoms. The fraction of sp³-hybridized carbons (Fsp3) is 0.286. The standard InChI is InChI=1S/C21H20F2N2O6/c22-21(23)31-16-10-17(20(28)29)25(12-16)18(26)11-24-19(27)13-6-8-15(9-7-13)30-14-4-2-1-3-5-14/h1-9,16-17,21H,10-12H2,(H,24,27)(H,28,29). The maximum absolute atomic E-state index is 12.4. The second-order valence-electron chi connectivity index (χ2n) is 6.78. The van der Waals surface area contributed by atoms with Crippen molar-refractivity contribution in [2.24, 2.45) is 0 Å². The summed E-state index contributed by atoms with van der Waals surface area (Å²) in [4.78, 5) is 36.9. The van der Waals surface area contributed by atoms with Crippen molar-refractivity contribution in [3.63, 3.8) is 0 Å². The summed E-state index contributed by atoms with van der Waals surface area (Å²) in [6.07, 6.45) is -1.33. The van der Waals surface area contributed by atoms with E-state index in [9.17, 15) is 28.3 Å². The number of aliphatic carboxylic acids is 1. The summed E-state index contributed by atoms with van der Waals surface area (Å²) in [6, 6.07) is 14.0. The van der Waals surface area contributed by atoms with Crippen LogP contribution in [0.3, 0.4) is 0 Å². The SMILES string of the molecule is O=C(NCC(=O)N1CC(OC(F)F)CC1C(=O)O)c1ccc(Oc2ccccc2)cc1. The van der Waals surface area contributed by atoms with Crippen molar-refractivity contribution in [1.29, 1.82) is 0 Å². The number of likely N-dealkylation sites (tertiary alicyclic amines) is 1. The van der Waals surface area contributed by atoms with E-state index in [0.717, 1.165) is 4.90 Å². The van der Waals surface area contributed by atoms with Gasteiger partial charge in [0.15, 0.2) is 0 Å². The number of nitrogens with one attached hydrogen (secondary N) is 1. The lowest BCUT2D eigenvalue weighted by molar-refractivity contribution is -0.160. The zero-order valence-corrected chi connectivity index (χ0v) is 16.2. The molecule has 1 aliphatic rings. The van der Waals surface area contributed by atoms with Gasteiger partial charge in [0.25, 0.3) is 5.91 Å². The first-order valence-electron chi connectivity index (χ1n) is 9.40. The zero-order valence-electron chi connectivity index (χ0n) is 16.2. The molecular formula is C21H20F2N2O6. The number of alkyl halides is 2. The average molecular weight is 434 g/mol. The molecule has 0 aromatic heterocycles. The van der Waals surface area contributed by atoms with Gasteiger partial charge in [-0.3, -0.25) is 9.59 Å². The molecule has 31 heavy (non-hydrogen) atoms. The van der Waals surface area contributed by atoms with E-state index in [4.69, 9.17) is 4.74 Å². The van der Waals surface area contributed by atoms with E-state index in [1.807, 2.05) is 18.2 Å². The van der Waals surface area contributed by atoms with Crippen molar-refractivity contribution in [3.8, 4) is 11.5 Å². The van der Waals surface area contributed by atoms with E-state index in [1.165, 1.54) is 12.1 Å². The van der Waals surface area contributed by atoms with Gasteiger partial charge < -0.3 is 24.8 Å². The molecule has 2 aromatic rings. The number of amides is 2. The molecule has 2 amide bonds. The largest absolute Gasteiger partial charge is 0.480 e. The van der Waals surface area contributed by atoms with Crippen molar-refractivity contribution >= 4 is 17.8 Å². The Bertz CT molecular complexity index is 923. The molecule has 2 aromatic carbocycles. The van der Waals surface area contributed by atoms with Crippen LogP contribution in [-0.2, 0) is 14.3 Å². The Morgan fingerprint density at radius 1 is 1.06 bits per heavy atom. The highest BCUT2D eigenvalue weighted by Crippen LogP contribution is 2.23. The van der Waals surface area contributed by atoms with Gasteiger partial charge in [-0.05, 0) is 36.4 Å². The molecule has 1 fully saturated rings. The van der Waals surface area contributed by atoms with Crippen LogP contribution in [0.15, 0.2) is 54.6 Å². The second kappa shape index (κ2) is 9.98. The van der Waals surface area contributed by atoms with Crippen LogP contribution >= 0.6 is 0 Å². The monoisotopic (exact) mass is 434 g/mol. The minimum Gasteiger partial charge on any atom is -0.480 e. The third kappa shape index (κ3) is 5.98. The molecule has 0 aliphatic carbocycles. The third-order valence-electron chi connectivity index (χ3n) is 4.66. The maximum Gasteiger partial charge on any atom is 0.345 e. The van der Waals surface area contributed by atoms with Crippen LogP contribution in [0, 0.1) is 0 Å². The lowest BCUT2D eigenvalue weighted by atomic mass is 10.2. The molecule has 0 radical (unpaired) electrons. The molecule has 0 spiro atoms. The first-order chi connectivity index (χ1) is 14.8. The molecule has 8 nitrogen and oxygen atoms in total. The summed E-state index contributed by atoms with van der Waals surface area (Å²) in [6.45, 7) is -3.84. The second-order valence-corrected chi connectivity index (χ2v) is 6.78.